The number of benzene rings is 2. The maximum absolute atomic E-state index is 13.7. The summed E-state index contributed by atoms with van der Waals surface area (Å²) in [5.41, 5.74) is 3.47. The number of pyridine rings is 1. The van der Waals surface area contributed by atoms with Crippen LogP contribution in [0.3, 0.4) is 0 Å². The third-order valence-corrected chi connectivity index (χ3v) is 6.59. The minimum atomic E-state index is -0.985. The Kier molecular flexibility index (Phi) is 7.74. The number of aromatic nitrogens is 1. The number of nitrogens with zero attached hydrogens (tertiary/aromatic N) is 2. The van der Waals surface area contributed by atoms with E-state index in [1.807, 2.05) is 24.3 Å². The zero-order chi connectivity index (χ0) is 25.8. The van der Waals surface area contributed by atoms with Gasteiger partial charge in [-0.3, -0.25) is 14.7 Å². The summed E-state index contributed by atoms with van der Waals surface area (Å²) in [6.07, 6.45) is 0.0832. The van der Waals surface area contributed by atoms with E-state index >= 15 is 0 Å². The van der Waals surface area contributed by atoms with Crippen molar-refractivity contribution in [2.75, 3.05) is 26.1 Å². The monoisotopic (exact) mass is 491 g/mol. The van der Waals surface area contributed by atoms with Crippen molar-refractivity contribution in [2.45, 2.75) is 52.3 Å². The number of amides is 1. The van der Waals surface area contributed by atoms with Crippen LogP contribution >= 0.6 is 0 Å². The molecule has 1 amide bonds. The number of anilines is 1. The molecule has 0 spiro atoms. The van der Waals surface area contributed by atoms with Gasteiger partial charge in [0.05, 0.1) is 31.0 Å². The van der Waals surface area contributed by atoms with Crippen molar-refractivity contribution in [3.63, 3.8) is 0 Å². The SMILES string of the molecule is CCC(OC(=O)c1c2c(nc3ccccc13)CCN(C(C)C)C2)C(=O)Nc1cc(OC)ccc1OC. The van der Waals surface area contributed by atoms with Gasteiger partial charge < -0.3 is 19.5 Å². The average Bonchev–Trinajstić information content (AvgIpc) is 2.89. The first-order chi connectivity index (χ1) is 17.4. The lowest BCUT2D eigenvalue weighted by Crippen LogP contribution is -2.38. The van der Waals surface area contributed by atoms with Crippen LogP contribution in [0.15, 0.2) is 42.5 Å². The number of ether oxygens (including phenoxy) is 3. The van der Waals surface area contributed by atoms with Gasteiger partial charge in [0.1, 0.15) is 11.5 Å². The minimum Gasteiger partial charge on any atom is -0.497 e. The van der Waals surface area contributed by atoms with Crippen LogP contribution in [0.25, 0.3) is 10.9 Å². The van der Waals surface area contributed by atoms with E-state index in [9.17, 15) is 9.59 Å². The second-order valence-electron chi connectivity index (χ2n) is 9.10. The Hall–Kier alpha value is -3.65. The number of nitrogens with one attached hydrogen (secondary N) is 1. The topological polar surface area (TPSA) is 90.0 Å². The van der Waals surface area contributed by atoms with E-state index in [2.05, 4.69) is 24.1 Å². The van der Waals surface area contributed by atoms with Crippen LogP contribution in [-0.2, 0) is 22.5 Å². The highest BCUT2D eigenvalue weighted by molar-refractivity contribution is 6.06. The molecule has 1 atom stereocenters. The average molecular weight is 492 g/mol. The smallest absolute Gasteiger partial charge is 0.340 e. The molecule has 190 valence electrons. The molecule has 2 heterocycles. The predicted octanol–water partition coefficient (Wildman–Crippen LogP) is 4.59. The van der Waals surface area contributed by atoms with Crippen LogP contribution in [0.2, 0.25) is 0 Å². The van der Waals surface area contributed by atoms with E-state index in [0.717, 1.165) is 35.1 Å². The molecule has 4 rings (SSSR count). The molecule has 0 radical (unpaired) electrons. The van der Waals surface area contributed by atoms with Gasteiger partial charge in [-0.1, -0.05) is 25.1 Å². The molecule has 36 heavy (non-hydrogen) atoms. The quantitative estimate of drug-likeness (QED) is 0.461. The standard InChI is InChI=1S/C28H33N3O5/c1-6-24(27(32)30-23-15-18(34-4)11-12-25(23)35-5)36-28(33)26-19-9-7-8-10-21(19)29-22-13-14-31(17(2)3)16-20(22)26/h7-12,15,17,24H,6,13-14,16H2,1-5H3,(H,30,32). The number of esters is 1. The Balaban J connectivity index is 1.64. The van der Waals surface area contributed by atoms with Crippen LogP contribution < -0.4 is 14.8 Å². The molecule has 3 aromatic rings. The predicted molar refractivity (Wildman–Crippen MR) is 139 cm³/mol. The van der Waals surface area contributed by atoms with Gasteiger partial charge in [0.2, 0.25) is 0 Å². The number of methoxy groups -OCH3 is 2. The van der Waals surface area contributed by atoms with Crippen molar-refractivity contribution in [3.05, 3.63) is 59.3 Å². The van der Waals surface area contributed by atoms with Gasteiger partial charge in [-0.15, -0.1) is 0 Å². The molecule has 2 aromatic carbocycles. The van der Waals surface area contributed by atoms with E-state index in [-0.39, 0.29) is 0 Å². The number of hydrogen-bond acceptors (Lipinski definition) is 7. The van der Waals surface area contributed by atoms with Gasteiger partial charge in [-0.05, 0) is 38.5 Å². The molecule has 8 heteroatoms. The fourth-order valence-corrected chi connectivity index (χ4v) is 4.52. The van der Waals surface area contributed by atoms with Gasteiger partial charge in [0, 0.05) is 48.3 Å². The Labute approximate surface area is 211 Å². The number of para-hydroxylation sites is 1. The summed E-state index contributed by atoms with van der Waals surface area (Å²) in [7, 11) is 3.07. The van der Waals surface area contributed by atoms with E-state index in [1.165, 1.54) is 7.11 Å². The largest absolute Gasteiger partial charge is 0.497 e. The molecule has 1 aliphatic rings. The maximum atomic E-state index is 13.7. The zero-order valence-corrected chi connectivity index (χ0v) is 21.5. The molecule has 0 saturated heterocycles. The van der Waals surface area contributed by atoms with Gasteiger partial charge in [-0.2, -0.15) is 0 Å². The molecule has 0 aliphatic carbocycles. The molecule has 0 fully saturated rings. The Morgan fingerprint density at radius 2 is 1.89 bits per heavy atom. The first-order valence-corrected chi connectivity index (χ1v) is 12.2. The van der Waals surface area contributed by atoms with Crippen molar-refractivity contribution in [1.29, 1.82) is 0 Å². The number of fused-ring (bicyclic) bond motifs is 2. The Bertz CT molecular complexity index is 1270. The Morgan fingerprint density at radius 1 is 1.11 bits per heavy atom. The highest BCUT2D eigenvalue weighted by Gasteiger charge is 2.30. The van der Waals surface area contributed by atoms with E-state index < -0.39 is 18.0 Å². The van der Waals surface area contributed by atoms with Crippen molar-refractivity contribution in [2.24, 2.45) is 0 Å². The Morgan fingerprint density at radius 3 is 2.58 bits per heavy atom. The highest BCUT2D eigenvalue weighted by Crippen LogP contribution is 2.31. The van der Waals surface area contributed by atoms with E-state index in [0.29, 0.717) is 41.8 Å². The number of rotatable bonds is 8. The molecular formula is C28H33N3O5. The lowest BCUT2D eigenvalue weighted by Gasteiger charge is -2.32. The van der Waals surface area contributed by atoms with Gasteiger partial charge in [0.15, 0.2) is 6.10 Å². The van der Waals surface area contributed by atoms with Gasteiger partial charge in [0.25, 0.3) is 5.91 Å². The second kappa shape index (κ2) is 11.0. The number of carbonyl (C=O) groups is 2. The van der Waals surface area contributed by atoms with Crippen LogP contribution in [0.5, 0.6) is 11.5 Å². The van der Waals surface area contributed by atoms with Gasteiger partial charge in [-0.25, -0.2) is 4.79 Å². The molecule has 1 aliphatic heterocycles. The summed E-state index contributed by atoms with van der Waals surface area (Å²) in [4.78, 5) is 34.0. The molecule has 1 aromatic heterocycles. The number of hydrogen-bond donors (Lipinski definition) is 1. The minimum absolute atomic E-state index is 0.313. The summed E-state index contributed by atoms with van der Waals surface area (Å²) < 4.78 is 16.5. The van der Waals surface area contributed by atoms with Crippen LogP contribution in [0.4, 0.5) is 5.69 Å². The van der Waals surface area contributed by atoms with Gasteiger partial charge >= 0.3 is 5.97 Å². The summed E-state index contributed by atoms with van der Waals surface area (Å²) in [5, 5.41) is 3.56. The summed E-state index contributed by atoms with van der Waals surface area (Å²) in [5.74, 6) is 0.0949. The highest BCUT2D eigenvalue weighted by atomic mass is 16.5. The lowest BCUT2D eigenvalue weighted by atomic mass is 9.95. The molecule has 8 nitrogen and oxygen atoms in total. The molecule has 1 unspecified atom stereocenters. The normalized spacial score (nSPS) is 14.3. The molecular weight excluding hydrogens is 458 g/mol. The maximum Gasteiger partial charge on any atom is 0.340 e. The van der Waals surface area contributed by atoms with Crippen molar-refractivity contribution < 1.29 is 23.8 Å². The fourth-order valence-electron chi connectivity index (χ4n) is 4.52. The second-order valence-corrected chi connectivity index (χ2v) is 9.10. The van der Waals surface area contributed by atoms with Crippen LogP contribution in [0.1, 0.15) is 48.8 Å². The summed E-state index contributed by atoms with van der Waals surface area (Å²) in [6.45, 7) is 7.58. The van der Waals surface area contributed by atoms with Crippen molar-refractivity contribution in [1.82, 2.24) is 9.88 Å². The first kappa shape index (κ1) is 25.4. The zero-order valence-electron chi connectivity index (χ0n) is 21.5. The summed E-state index contributed by atoms with van der Waals surface area (Å²) in [6, 6.07) is 13.0. The van der Waals surface area contributed by atoms with E-state index in [4.69, 9.17) is 19.2 Å². The van der Waals surface area contributed by atoms with Crippen molar-refractivity contribution >= 4 is 28.5 Å². The fraction of sp³-hybridized carbons (Fsp3) is 0.393. The summed E-state index contributed by atoms with van der Waals surface area (Å²) >= 11 is 0. The third kappa shape index (κ3) is 5.14. The van der Waals surface area contributed by atoms with Crippen LogP contribution in [0, 0.1) is 0 Å². The molecule has 0 bridgehead atoms. The first-order valence-electron chi connectivity index (χ1n) is 12.2. The lowest BCUT2D eigenvalue weighted by molar-refractivity contribution is -0.124. The van der Waals surface area contributed by atoms with E-state index in [1.54, 1.807) is 32.2 Å². The molecule has 0 saturated carbocycles. The molecule has 1 N–H and O–H groups in total. The van der Waals surface area contributed by atoms with Crippen LogP contribution in [-0.4, -0.2) is 54.7 Å². The number of carbonyl (C=O) groups excluding carboxylic acids is 2. The van der Waals surface area contributed by atoms with Crippen molar-refractivity contribution in [3.8, 4) is 11.5 Å². The third-order valence-electron chi connectivity index (χ3n) is 6.59.